The van der Waals surface area contributed by atoms with Crippen LogP contribution in [0.4, 0.5) is 5.82 Å². The highest BCUT2D eigenvalue weighted by Gasteiger charge is 2.49. The van der Waals surface area contributed by atoms with E-state index in [1.165, 1.54) is 11.1 Å². The molecule has 1 aromatic heterocycles. The van der Waals surface area contributed by atoms with E-state index in [4.69, 9.17) is 9.72 Å². The average molecular weight is 559 g/mol. The first-order valence-electron chi connectivity index (χ1n) is 13.8. The van der Waals surface area contributed by atoms with Gasteiger partial charge in [-0.25, -0.2) is 18.9 Å². The SMILES string of the molecule is COc1cccc(CC#Cc2cnc(N3CCC4(CC3)Cc3ccccc3[C@H]4NS(=O)C(C)(C)C)c(CO)n2)c1. The lowest BCUT2D eigenvalue weighted by atomic mass is 9.73. The molecule has 210 valence electrons. The fourth-order valence-electron chi connectivity index (χ4n) is 5.76. The van der Waals surface area contributed by atoms with Gasteiger partial charge >= 0.3 is 0 Å². The van der Waals surface area contributed by atoms with Crippen molar-refractivity contribution >= 4 is 16.8 Å². The van der Waals surface area contributed by atoms with Crippen LogP contribution in [-0.2, 0) is 30.4 Å². The van der Waals surface area contributed by atoms with Crippen molar-refractivity contribution in [2.75, 3.05) is 25.1 Å². The smallest absolute Gasteiger partial charge is 0.152 e. The van der Waals surface area contributed by atoms with Gasteiger partial charge in [-0.1, -0.05) is 42.3 Å². The number of rotatable bonds is 6. The van der Waals surface area contributed by atoms with Crippen molar-refractivity contribution in [2.45, 2.75) is 63.9 Å². The van der Waals surface area contributed by atoms with Gasteiger partial charge in [-0.05, 0) is 80.2 Å². The maximum atomic E-state index is 13.2. The quantitative estimate of drug-likeness (QED) is 0.433. The van der Waals surface area contributed by atoms with E-state index in [1.807, 2.05) is 45.0 Å². The molecule has 1 aliphatic heterocycles. The van der Waals surface area contributed by atoms with Crippen molar-refractivity contribution in [3.05, 3.63) is 82.8 Å². The molecule has 2 N–H and O–H groups in total. The first kappa shape index (κ1) is 28.3. The number of aliphatic hydroxyl groups excluding tert-OH is 1. The van der Waals surface area contributed by atoms with E-state index < -0.39 is 11.0 Å². The molecule has 2 heterocycles. The Morgan fingerprint density at radius 1 is 1.18 bits per heavy atom. The number of benzene rings is 2. The molecule has 40 heavy (non-hydrogen) atoms. The lowest BCUT2D eigenvalue weighted by molar-refractivity contribution is 0.177. The van der Waals surface area contributed by atoms with Crippen LogP contribution in [0.5, 0.6) is 5.75 Å². The third kappa shape index (κ3) is 5.92. The van der Waals surface area contributed by atoms with Crippen molar-refractivity contribution in [1.82, 2.24) is 14.7 Å². The predicted octanol–water partition coefficient (Wildman–Crippen LogP) is 4.51. The minimum absolute atomic E-state index is 0.0144. The monoisotopic (exact) mass is 558 g/mol. The minimum Gasteiger partial charge on any atom is -0.497 e. The highest BCUT2D eigenvalue weighted by Crippen LogP contribution is 2.52. The summed E-state index contributed by atoms with van der Waals surface area (Å²) in [7, 11) is 0.481. The molecular weight excluding hydrogens is 520 g/mol. The van der Waals surface area contributed by atoms with Crippen molar-refractivity contribution in [2.24, 2.45) is 5.41 Å². The lowest BCUT2D eigenvalue weighted by Gasteiger charge is -2.44. The maximum absolute atomic E-state index is 13.2. The Bertz CT molecular complexity index is 1450. The standard InChI is InChI=1S/C32H38N4O3S/c1-31(2,3)40(38)35-29-27-14-6-5-11-24(27)20-32(29)15-17-36(18-16-32)30-28(22-37)34-25(21-33-30)12-7-9-23-10-8-13-26(19-23)39-4/h5-6,8,10-11,13-14,19,21,29,35,37H,9,15-18,20,22H2,1-4H3/t29-,40?/m1/s1. The summed E-state index contributed by atoms with van der Waals surface area (Å²) in [5, 5.41) is 10.1. The number of hydrogen-bond donors (Lipinski definition) is 2. The molecule has 2 aromatic carbocycles. The van der Waals surface area contributed by atoms with Gasteiger partial charge in [0, 0.05) is 19.5 Å². The second-order valence-electron chi connectivity index (χ2n) is 11.7. The number of ether oxygens (including phenoxy) is 1. The largest absolute Gasteiger partial charge is 0.497 e. The zero-order valence-corrected chi connectivity index (χ0v) is 24.6. The molecule has 0 amide bonds. The van der Waals surface area contributed by atoms with Crippen LogP contribution in [0.3, 0.4) is 0 Å². The molecule has 0 bridgehead atoms. The Balaban J connectivity index is 1.30. The number of anilines is 1. The molecule has 3 aromatic rings. The second-order valence-corrected chi connectivity index (χ2v) is 13.7. The molecule has 7 nitrogen and oxygen atoms in total. The number of nitrogens with one attached hydrogen (secondary N) is 1. The van der Waals surface area contributed by atoms with E-state index in [9.17, 15) is 9.32 Å². The molecule has 1 fully saturated rings. The van der Waals surface area contributed by atoms with E-state index >= 15 is 0 Å². The van der Waals surface area contributed by atoms with Crippen LogP contribution in [0.15, 0.2) is 54.7 Å². The summed E-state index contributed by atoms with van der Waals surface area (Å²) in [6, 6.07) is 16.4. The molecule has 8 heteroatoms. The predicted molar refractivity (Wildman–Crippen MR) is 159 cm³/mol. The van der Waals surface area contributed by atoms with Crippen LogP contribution in [0.1, 0.15) is 67.7 Å². The summed E-state index contributed by atoms with van der Waals surface area (Å²) in [4.78, 5) is 11.5. The van der Waals surface area contributed by atoms with Gasteiger partial charge in [-0.3, -0.25) is 0 Å². The Labute approximate surface area is 240 Å². The van der Waals surface area contributed by atoms with Gasteiger partial charge in [0.15, 0.2) is 5.82 Å². The van der Waals surface area contributed by atoms with Crippen LogP contribution in [0.2, 0.25) is 0 Å². The topological polar surface area (TPSA) is 87.6 Å². The van der Waals surface area contributed by atoms with Gasteiger partial charge in [0.2, 0.25) is 0 Å². The molecular formula is C32H38N4O3S. The van der Waals surface area contributed by atoms with E-state index in [-0.39, 0.29) is 22.8 Å². The highest BCUT2D eigenvalue weighted by atomic mass is 32.2. The fourth-order valence-corrected chi connectivity index (χ4v) is 6.70. The van der Waals surface area contributed by atoms with Crippen LogP contribution >= 0.6 is 0 Å². The Kier molecular flexibility index (Phi) is 8.27. The van der Waals surface area contributed by atoms with E-state index in [1.54, 1.807) is 13.3 Å². The van der Waals surface area contributed by atoms with Gasteiger partial charge in [-0.2, -0.15) is 0 Å². The molecule has 1 saturated heterocycles. The van der Waals surface area contributed by atoms with Gasteiger partial charge in [0.1, 0.15) is 17.1 Å². The van der Waals surface area contributed by atoms with Crippen LogP contribution in [0, 0.1) is 17.3 Å². The van der Waals surface area contributed by atoms with Crippen molar-refractivity contribution in [3.8, 4) is 17.6 Å². The van der Waals surface area contributed by atoms with E-state index in [2.05, 4.69) is 50.7 Å². The van der Waals surface area contributed by atoms with Gasteiger partial charge in [0.25, 0.3) is 0 Å². The first-order chi connectivity index (χ1) is 19.2. The summed E-state index contributed by atoms with van der Waals surface area (Å²) in [6.07, 6.45) is 5.08. The Morgan fingerprint density at radius 2 is 1.95 bits per heavy atom. The number of piperidine rings is 1. The van der Waals surface area contributed by atoms with Crippen LogP contribution in [-0.4, -0.2) is 44.2 Å². The van der Waals surface area contributed by atoms with Gasteiger partial charge < -0.3 is 14.7 Å². The van der Waals surface area contributed by atoms with Gasteiger partial charge in [-0.15, -0.1) is 0 Å². The Morgan fingerprint density at radius 3 is 2.67 bits per heavy atom. The summed E-state index contributed by atoms with van der Waals surface area (Å²) < 4.78 is 21.6. The molecule has 5 rings (SSSR count). The highest BCUT2D eigenvalue weighted by molar-refractivity contribution is 7.84. The summed E-state index contributed by atoms with van der Waals surface area (Å²) in [5.74, 6) is 7.77. The zero-order chi connectivity index (χ0) is 28.3. The number of methoxy groups -OCH3 is 1. The summed E-state index contributed by atoms with van der Waals surface area (Å²) in [6.45, 7) is 7.40. The number of hydrogen-bond acceptors (Lipinski definition) is 6. The molecule has 2 aliphatic rings. The maximum Gasteiger partial charge on any atom is 0.152 e. The molecule has 0 saturated carbocycles. The molecule has 1 aliphatic carbocycles. The van der Waals surface area contributed by atoms with E-state index in [0.29, 0.717) is 23.6 Å². The second kappa shape index (κ2) is 11.7. The average Bonchev–Trinajstić information content (AvgIpc) is 3.25. The zero-order valence-electron chi connectivity index (χ0n) is 23.7. The molecule has 1 unspecified atom stereocenters. The fraction of sp³-hybridized carbons (Fsp3) is 0.438. The van der Waals surface area contributed by atoms with Crippen molar-refractivity contribution in [1.29, 1.82) is 0 Å². The van der Waals surface area contributed by atoms with Crippen molar-refractivity contribution < 1.29 is 14.1 Å². The first-order valence-corrected chi connectivity index (χ1v) is 15.0. The molecule has 1 spiro atoms. The number of aliphatic hydroxyl groups is 1. The van der Waals surface area contributed by atoms with Gasteiger partial charge in [0.05, 0.1) is 41.7 Å². The summed E-state index contributed by atoms with van der Waals surface area (Å²) >= 11 is 0. The molecule has 0 radical (unpaired) electrons. The van der Waals surface area contributed by atoms with Crippen LogP contribution in [0.25, 0.3) is 0 Å². The minimum atomic E-state index is -1.17. The van der Waals surface area contributed by atoms with Crippen LogP contribution < -0.4 is 14.4 Å². The van der Waals surface area contributed by atoms with E-state index in [0.717, 1.165) is 43.7 Å². The third-order valence-electron chi connectivity index (χ3n) is 7.98. The normalized spacial score (nSPS) is 18.6. The Hall–Kier alpha value is -3.25. The number of nitrogens with zero attached hydrogens (tertiary/aromatic N) is 3. The third-order valence-corrected chi connectivity index (χ3v) is 9.54. The number of fused-ring (bicyclic) bond motifs is 1. The number of aromatic nitrogens is 2. The lowest BCUT2D eigenvalue weighted by Crippen LogP contribution is -2.48. The van der Waals surface area contributed by atoms with Crippen molar-refractivity contribution in [3.63, 3.8) is 0 Å². The molecule has 2 atom stereocenters. The summed E-state index contributed by atoms with van der Waals surface area (Å²) in [5.41, 5.74) is 4.74.